The number of anilines is 1. The number of ether oxygens (including phenoxy) is 2. The zero-order valence-corrected chi connectivity index (χ0v) is 15.5. The quantitative estimate of drug-likeness (QED) is 0.731. The fraction of sp³-hybridized carbons (Fsp3) is 0.318. The second-order valence-electron chi connectivity index (χ2n) is 6.92. The smallest absolute Gasteiger partial charge is 0.257 e. The second kappa shape index (κ2) is 7.84. The molecule has 1 N–H and O–H groups in total. The molecule has 2 heterocycles. The molecule has 0 bridgehead atoms. The highest BCUT2D eigenvalue weighted by Gasteiger charge is 2.17. The highest BCUT2D eigenvalue weighted by atomic mass is 16.5. The fourth-order valence-corrected chi connectivity index (χ4v) is 3.53. The van der Waals surface area contributed by atoms with E-state index in [1.165, 1.54) is 6.42 Å². The van der Waals surface area contributed by atoms with Crippen LogP contribution in [0.3, 0.4) is 0 Å². The first kappa shape index (κ1) is 17.6. The summed E-state index contributed by atoms with van der Waals surface area (Å²) in [6, 6.07) is 15.4. The van der Waals surface area contributed by atoms with Crippen LogP contribution in [-0.2, 0) is 11.8 Å². The minimum absolute atomic E-state index is 0.126. The van der Waals surface area contributed by atoms with E-state index in [1.807, 2.05) is 66.3 Å². The van der Waals surface area contributed by atoms with Gasteiger partial charge in [0.25, 0.3) is 5.91 Å². The summed E-state index contributed by atoms with van der Waals surface area (Å²) in [6.45, 7) is 1.30. The van der Waals surface area contributed by atoms with Gasteiger partial charge in [-0.3, -0.25) is 4.79 Å². The number of amides is 1. The molecule has 1 amide bonds. The van der Waals surface area contributed by atoms with Crippen molar-refractivity contribution in [2.45, 2.75) is 25.4 Å². The summed E-state index contributed by atoms with van der Waals surface area (Å²) in [5.41, 5.74) is 2.35. The topological polar surface area (TPSA) is 52.5 Å². The van der Waals surface area contributed by atoms with Crippen LogP contribution in [0.2, 0.25) is 0 Å². The molecule has 27 heavy (non-hydrogen) atoms. The van der Waals surface area contributed by atoms with Gasteiger partial charge in [0, 0.05) is 30.8 Å². The van der Waals surface area contributed by atoms with Gasteiger partial charge in [-0.1, -0.05) is 30.3 Å². The first-order valence-electron chi connectivity index (χ1n) is 9.41. The fourth-order valence-electron chi connectivity index (χ4n) is 3.53. The van der Waals surface area contributed by atoms with Crippen molar-refractivity contribution in [2.24, 2.45) is 7.05 Å². The van der Waals surface area contributed by atoms with E-state index in [0.29, 0.717) is 23.6 Å². The van der Waals surface area contributed by atoms with Crippen LogP contribution >= 0.6 is 0 Å². The van der Waals surface area contributed by atoms with Crippen LogP contribution in [0.25, 0.3) is 10.9 Å². The zero-order valence-electron chi connectivity index (χ0n) is 15.5. The van der Waals surface area contributed by atoms with E-state index in [1.54, 1.807) is 0 Å². The van der Waals surface area contributed by atoms with E-state index in [4.69, 9.17) is 9.47 Å². The molecule has 0 radical (unpaired) electrons. The minimum atomic E-state index is -0.142. The molecule has 0 spiro atoms. The van der Waals surface area contributed by atoms with Gasteiger partial charge in [0.15, 0.2) is 0 Å². The van der Waals surface area contributed by atoms with Crippen LogP contribution in [-0.4, -0.2) is 29.8 Å². The lowest BCUT2D eigenvalue weighted by molar-refractivity contribution is -0.0109. The van der Waals surface area contributed by atoms with Crippen LogP contribution in [0.5, 0.6) is 5.75 Å². The predicted molar refractivity (Wildman–Crippen MR) is 106 cm³/mol. The van der Waals surface area contributed by atoms with Crippen LogP contribution in [0.4, 0.5) is 5.69 Å². The molecule has 1 fully saturated rings. The van der Waals surface area contributed by atoms with Crippen LogP contribution in [0.15, 0.2) is 54.7 Å². The molecule has 1 saturated heterocycles. The number of fused-ring (bicyclic) bond motifs is 1. The summed E-state index contributed by atoms with van der Waals surface area (Å²) >= 11 is 0. The minimum Gasteiger partial charge on any atom is -0.489 e. The number of aromatic nitrogens is 1. The lowest BCUT2D eigenvalue weighted by atomic mass is 10.1. The van der Waals surface area contributed by atoms with Gasteiger partial charge in [0.2, 0.25) is 0 Å². The second-order valence-corrected chi connectivity index (χ2v) is 6.92. The molecule has 1 aliphatic heterocycles. The Kier molecular flexibility index (Phi) is 5.12. The molecule has 1 unspecified atom stereocenters. The standard InChI is InChI=1S/C22H24N2O3/c1-24-14-18(17-9-2-4-11-20(17)24)22(25)23-19-10-3-5-12-21(19)27-15-16-8-6-7-13-26-16/h2-5,9-12,14,16H,6-8,13,15H2,1H3,(H,23,25). The van der Waals surface area contributed by atoms with Crippen molar-refractivity contribution in [3.05, 3.63) is 60.3 Å². The highest BCUT2D eigenvalue weighted by Crippen LogP contribution is 2.27. The molecule has 1 aliphatic rings. The van der Waals surface area contributed by atoms with Crippen molar-refractivity contribution >= 4 is 22.5 Å². The SMILES string of the molecule is Cn1cc(C(=O)Nc2ccccc2OCC2CCCCO2)c2ccccc21. The molecule has 5 heteroatoms. The zero-order chi connectivity index (χ0) is 18.6. The largest absolute Gasteiger partial charge is 0.489 e. The maximum Gasteiger partial charge on any atom is 0.257 e. The molecule has 4 rings (SSSR count). The molecule has 0 aliphatic carbocycles. The van der Waals surface area contributed by atoms with Crippen molar-refractivity contribution in [3.63, 3.8) is 0 Å². The van der Waals surface area contributed by atoms with Gasteiger partial charge in [-0.05, 0) is 37.5 Å². The Labute approximate surface area is 158 Å². The molecule has 2 aromatic carbocycles. The Bertz CT molecular complexity index is 942. The summed E-state index contributed by atoms with van der Waals surface area (Å²) < 4.78 is 13.7. The summed E-state index contributed by atoms with van der Waals surface area (Å²) in [4.78, 5) is 12.9. The molecule has 3 aromatic rings. The van der Waals surface area contributed by atoms with Crippen molar-refractivity contribution in [1.29, 1.82) is 0 Å². The number of para-hydroxylation sites is 3. The summed E-state index contributed by atoms with van der Waals surface area (Å²) in [7, 11) is 1.94. The van der Waals surface area contributed by atoms with Gasteiger partial charge in [-0.2, -0.15) is 0 Å². The van der Waals surface area contributed by atoms with Crippen molar-refractivity contribution in [3.8, 4) is 5.75 Å². The molecule has 0 saturated carbocycles. The lowest BCUT2D eigenvalue weighted by Crippen LogP contribution is -2.26. The van der Waals surface area contributed by atoms with E-state index < -0.39 is 0 Å². The molecular formula is C22H24N2O3. The molecular weight excluding hydrogens is 340 g/mol. The van der Waals surface area contributed by atoms with Crippen molar-refractivity contribution in [2.75, 3.05) is 18.5 Å². The van der Waals surface area contributed by atoms with Gasteiger partial charge >= 0.3 is 0 Å². The summed E-state index contributed by atoms with van der Waals surface area (Å²) in [5, 5.41) is 3.94. The predicted octanol–water partition coefficient (Wildman–Crippen LogP) is 4.38. The Morgan fingerprint density at radius 1 is 1.19 bits per heavy atom. The number of benzene rings is 2. The first-order chi connectivity index (χ1) is 13.2. The van der Waals surface area contributed by atoms with E-state index >= 15 is 0 Å². The van der Waals surface area contributed by atoms with E-state index in [2.05, 4.69) is 5.32 Å². The summed E-state index contributed by atoms with van der Waals surface area (Å²) in [5.74, 6) is 0.525. The number of aryl methyl sites for hydroxylation is 1. The van der Waals surface area contributed by atoms with Gasteiger partial charge in [-0.25, -0.2) is 0 Å². The Morgan fingerprint density at radius 3 is 2.85 bits per heavy atom. The number of carbonyl (C=O) groups excluding carboxylic acids is 1. The highest BCUT2D eigenvalue weighted by molar-refractivity contribution is 6.13. The van der Waals surface area contributed by atoms with E-state index in [9.17, 15) is 4.79 Å². The van der Waals surface area contributed by atoms with Gasteiger partial charge in [-0.15, -0.1) is 0 Å². The van der Waals surface area contributed by atoms with E-state index in [0.717, 1.165) is 30.4 Å². The average molecular weight is 364 g/mol. The lowest BCUT2D eigenvalue weighted by Gasteiger charge is -2.23. The first-order valence-corrected chi connectivity index (χ1v) is 9.41. The maximum absolute atomic E-state index is 12.9. The summed E-state index contributed by atoms with van der Waals surface area (Å²) in [6.07, 6.45) is 5.30. The van der Waals surface area contributed by atoms with Gasteiger partial charge in [0.05, 0.1) is 17.4 Å². The third kappa shape index (κ3) is 3.83. The average Bonchev–Trinajstić information content (AvgIpc) is 3.05. The monoisotopic (exact) mass is 364 g/mol. The number of carbonyl (C=O) groups is 1. The number of nitrogens with zero attached hydrogens (tertiary/aromatic N) is 1. The Hall–Kier alpha value is -2.79. The van der Waals surface area contributed by atoms with Crippen molar-refractivity contribution in [1.82, 2.24) is 4.57 Å². The van der Waals surface area contributed by atoms with Gasteiger partial charge in [0.1, 0.15) is 12.4 Å². The molecule has 1 aromatic heterocycles. The van der Waals surface area contributed by atoms with Crippen molar-refractivity contribution < 1.29 is 14.3 Å². The Balaban J connectivity index is 1.51. The molecule has 140 valence electrons. The number of hydrogen-bond donors (Lipinski definition) is 1. The third-order valence-electron chi connectivity index (χ3n) is 4.98. The van der Waals surface area contributed by atoms with Gasteiger partial charge < -0.3 is 19.4 Å². The molecule has 1 atom stereocenters. The number of rotatable bonds is 5. The van der Waals surface area contributed by atoms with Crippen LogP contribution in [0, 0.1) is 0 Å². The normalized spacial score (nSPS) is 17.0. The van der Waals surface area contributed by atoms with Crippen LogP contribution < -0.4 is 10.1 Å². The number of hydrogen-bond acceptors (Lipinski definition) is 3. The maximum atomic E-state index is 12.9. The Morgan fingerprint density at radius 2 is 2.00 bits per heavy atom. The molecule has 5 nitrogen and oxygen atoms in total. The van der Waals surface area contributed by atoms with Crippen LogP contribution in [0.1, 0.15) is 29.6 Å². The number of nitrogens with one attached hydrogen (secondary N) is 1. The third-order valence-corrected chi connectivity index (χ3v) is 4.98. The van der Waals surface area contributed by atoms with E-state index in [-0.39, 0.29) is 12.0 Å².